The molecule has 1 aromatic heterocycles. The number of nitrogens with zero attached hydrogens (tertiary/aromatic N) is 1. The van der Waals surface area contributed by atoms with Gasteiger partial charge in [0.15, 0.2) is 0 Å². The molecule has 0 atom stereocenters. The topological polar surface area (TPSA) is 50.2 Å². The quantitative estimate of drug-likeness (QED) is 0.903. The number of alkyl halides is 3. The molecule has 0 saturated carbocycles. The van der Waals surface area contributed by atoms with E-state index < -0.39 is 18.6 Å². The van der Waals surface area contributed by atoms with Crippen molar-refractivity contribution in [3.8, 4) is 0 Å². The van der Waals surface area contributed by atoms with Gasteiger partial charge in [0, 0.05) is 0 Å². The smallest absolute Gasteiger partial charge is 0.395 e. The van der Waals surface area contributed by atoms with E-state index in [0.29, 0.717) is 10.2 Å². The van der Waals surface area contributed by atoms with Crippen LogP contribution in [0.5, 0.6) is 0 Å². The van der Waals surface area contributed by atoms with Gasteiger partial charge in [-0.1, -0.05) is 0 Å². The molecule has 0 aliphatic heterocycles. The maximum absolute atomic E-state index is 12.1. The summed E-state index contributed by atoms with van der Waals surface area (Å²) in [6.07, 6.45) is -5.39. The zero-order valence-corrected chi connectivity index (χ0v) is 9.10. The molecule has 0 saturated heterocycles. The molecule has 17 heavy (non-hydrogen) atoms. The number of aromatic nitrogens is 1. The van der Waals surface area contributed by atoms with Crippen LogP contribution in [0.2, 0.25) is 0 Å². The number of aromatic carboxylic acids is 1. The Hall–Kier alpha value is -1.63. The minimum Gasteiger partial charge on any atom is -0.478 e. The lowest BCUT2D eigenvalue weighted by molar-refractivity contribution is -0.127. The minimum absolute atomic E-state index is 0.0414. The summed E-state index contributed by atoms with van der Waals surface area (Å²) in [5.74, 6) is -1.11. The van der Waals surface area contributed by atoms with Crippen LogP contribution in [-0.4, -0.2) is 22.2 Å². The van der Waals surface area contributed by atoms with Crippen molar-refractivity contribution in [3.05, 3.63) is 28.8 Å². The summed E-state index contributed by atoms with van der Waals surface area (Å²) >= 11 is 0.861. The SMILES string of the molecule is O=C(O)c1ccc2nc(CC(F)(F)F)sc2c1. The van der Waals surface area contributed by atoms with Gasteiger partial charge in [-0.2, -0.15) is 13.2 Å². The summed E-state index contributed by atoms with van der Waals surface area (Å²) in [7, 11) is 0. The van der Waals surface area contributed by atoms with Gasteiger partial charge in [-0.05, 0) is 18.2 Å². The second-order valence-electron chi connectivity index (χ2n) is 3.39. The summed E-state index contributed by atoms with van der Waals surface area (Å²) in [5, 5.41) is 8.68. The standard InChI is InChI=1S/C10H6F3NO2S/c11-10(12,13)4-8-14-6-2-1-5(9(15)16)3-7(6)17-8/h1-3H,4H2,(H,15,16). The van der Waals surface area contributed by atoms with Crippen LogP contribution in [0.4, 0.5) is 13.2 Å². The van der Waals surface area contributed by atoms with Gasteiger partial charge >= 0.3 is 12.1 Å². The van der Waals surface area contributed by atoms with E-state index in [-0.39, 0.29) is 10.6 Å². The number of hydrogen-bond donors (Lipinski definition) is 1. The first-order chi connectivity index (χ1) is 7.85. The molecule has 2 aromatic rings. The average molecular weight is 261 g/mol. The Morgan fingerprint density at radius 3 is 2.71 bits per heavy atom. The molecule has 90 valence electrons. The van der Waals surface area contributed by atoms with Crippen LogP contribution in [0.15, 0.2) is 18.2 Å². The Morgan fingerprint density at radius 2 is 2.12 bits per heavy atom. The Balaban J connectivity index is 2.40. The normalized spacial score (nSPS) is 11.9. The fourth-order valence-electron chi connectivity index (χ4n) is 1.35. The second kappa shape index (κ2) is 3.99. The lowest BCUT2D eigenvalue weighted by atomic mass is 10.2. The molecule has 7 heteroatoms. The summed E-state index contributed by atoms with van der Waals surface area (Å²) in [6, 6.07) is 4.06. The number of carbonyl (C=O) groups is 1. The van der Waals surface area contributed by atoms with Crippen LogP contribution in [0.3, 0.4) is 0 Å². The fraction of sp³-hybridized carbons (Fsp3) is 0.200. The van der Waals surface area contributed by atoms with Gasteiger partial charge in [-0.3, -0.25) is 0 Å². The molecule has 0 amide bonds. The van der Waals surface area contributed by atoms with Crippen molar-refractivity contribution >= 4 is 27.5 Å². The van der Waals surface area contributed by atoms with Crippen molar-refractivity contribution in [2.45, 2.75) is 12.6 Å². The first kappa shape index (κ1) is 11.8. The number of halogens is 3. The van der Waals surface area contributed by atoms with Gasteiger partial charge in [0.1, 0.15) is 5.01 Å². The van der Waals surface area contributed by atoms with Gasteiger partial charge < -0.3 is 5.11 Å². The highest BCUT2D eigenvalue weighted by atomic mass is 32.1. The Labute approximate surface area is 97.5 Å². The van der Waals surface area contributed by atoms with Gasteiger partial charge in [0.2, 0.25) is 0 Å². The van der Waals surface area contributed by atoms with E-state index in [0.717, 1.165) is 11.3 Å². The molecule has 0 aliphatic carbocycles. The third kappa shape index (κ3) is 2.73. The van der Waals surface area contributed by atoms with Crippen molar-refractivity contribution in [1.29, 1.82) is 0 Å². The molecule has 0 fully saturated rings. The van der Waals surface area contributed by atoms with Crippen molar-refractivity contribution in [1.82, 2.24) is 4.98 Å². The van der Waals surface area contributed by atoms with E-state index in [4.69, 9.17) is 5.11 Å². The van der Waals surface area contributed by atoms with Crippen LogP contribution < -0.4 is 0 Å². The molecule has 1 heterocycles. The summed E-state index contributed by atoms with van der Waals surface area (Å²) in [4.78, 5) is 14.5. The molecule has 0 spiro atoms. The van der Waals surface area contributed by atoms with Crippen LogP contribution in [0, 0.1) is 0 Å². The predicted molar refractivity (Wildman–Crippen MR) is 56.3 cm³/mol. The molecule has 2 rings (SSSR count). The number of carboxylic acids is 1. The second-order valence-corrected chi connectivity index (χ2v) is 4.50. The third-order valence-corrected chi connectivity index (χ3v) is 3.05. The molecule has 1 aromatic carbocycles. The van der Waals surface area contributed by atoms with E-state index in [9.17, 15) is 18.0 Å². The maximum atomic E-state index is 12.1. The number of hydrogen-bond acceptors (Lipinski definition) is 3. The molecular formula is C10H6F3NO2S. The van der Waals surface area contributed by atoms with Crippen LogP contribution in [-0.2, 0) is 6.42 Å². The predicted octanol–water partition coefficient (Wildman–Crippen LogP) is 3.10. The molecule has 0 aliphatic rings. The van der Waals surface area contributed by atoms with E-state index >= 15 is 0 Å². The highest BCUT2D eigenvalue weighted by Crippen LogP contribution is 2.28. The number of rotatable bonds is 2. The average Bonchev–Trinajstić information content (AvgIpc) is 2.54. The highest BCUT2D eigenvalue weighted by molar-refractivity contribution is 7.18. The Kier molecular flexibility index (Phi) is 2.78. The molecule has 1 N–H and O–H groups in total. The van der Waals surface area contributed by atoms with E-state index in [1.807, 2.05) is 0 Å². The van der Waals surface area contributed by atoms with Crippen molar-refractivity contribution in [2.24, 2.45) is 0 Å². The fourth-order valence-corrected chi connectivity index (χ4v) is 2.39. The van der Waals surface area contributed by atoms with Gasteiger partial charge in [0.25, 0.3) is 0 Å². The molecular weight excluding hydrogens is 255 g/mol. The number of carboxylic acid groups (broad SMARTS) is 1. The summed E-state index contributed by atoms with van der Waals surface area (Å²) < 4.78 is 36.9. The van der Waals surface area contributed by atoms with E-state index in [2.05, 4.69) is 4.98 Å². The minimum atomic E-state index is -4.30. The van der Waals surface area contributed by atoms with Gasteiger partial charge in [-0.15, -0.1) is 11.3 Å². The largest absolute Gasteiger partial charge is 0.478 e. The monoisotopic (exact) mass is 261 g/mol. The number of benzene rings is 1. The first-order valence-electron chi connectivity index (χ1n) is 4.55. The van der Waals surface area contributed by atoms with Crippen LogP contribution >= 0.6 is 11.3 Å². The summed E-state index contributed by atoms with van der Waals surface area (Å²) in [5.41, 5.74) is 0.430. The first-order valence-corrected chi connectivity index (χ1v) is 5.36. The zero-order chi connectivity index (χ0) is 12.6. The lowest BCUT2D eigenvalue weighted by Crippen LogP contribution is -2.10. The Morgan fingerprint density at radius 1 is 1.41 bits per heavy atom. The maximum Gasteiger partial charge on any atom is 0.395 e. The number of thiazole rings is 1. The molecule has 0 radical (unpaired) electrons. The van der Waals surface area contributed by atoms with Crippen molar-refractivity contribution in [3.63, 3.8) is 0 Å². The third-order valence-electron chi connectivity index (χ3n) is 2.03. The Bertz CT molecular complexity index is 576. The van der Waals surface area contributed by atoms with Crippen LogP contribution in [0.1, 0.15) is 15.4 Å². The highest BCUT2D eigenvalue weighted by Gasteiger charge is 2.29. The van der Waals surface area contributed by atoms with Gasteiger partial charge in [0.05, 0.1) is 22.2 Å². The summed E-state index contributed by atoms with van der Waals surface area (Å²) in [6.45, 7) is 0. The van der Waals surface area contributed by atoms with Crippen molar-refractivity contribution < 1.29 is 23.1 Å². The molecule has 0 unspecified atom stereocenters. The van der Waals surface area contributed by atoms with Crippen LogP contribution in [0.25, 0.3) is 10.2 Å². The van der Waals surface area contributed by atoms with E-state index in [1.165, 1.54) is 18.2 Å². The van der Waals surface area contributed by atoms with Gasteiger partial charge in [-0.25, -0.2) is 9.78 Å². The molecule has 3 nitrogen and oxygen atoms in total. The number of fused-ring (bicyclic) bond motifs is 1. The van der Waals surface area contributed by atoms with E-state index in [1.54, 1.807) is 0 Å². The zero-order valence-electron chi connectivity index (χ0n) is 8.28. The lowest BCUT2D eigenvalue weighted by Gasteiger charge is -2.00. The molecule has 0 bridgehead atoms. The van der Waals surface area contributed by atoms with Crippen molar-refractivity contribution in [2.75, 3.05) is 0 Å².